The highest BCUT2D eigenvalue weighted by atomic mass is 79.9. The van der Waals surface area contributed by atoms with E-state index < -0.39 is 0 Å². The molecule has 0 radical (unpaired) electrons. The van der Waals surface area contributed by atoms with Crippen molar-refractivity contribution in [2.24, 2.45) is 4.99 Å². The minimum absolute atomic E-state index is 0.0506. The molecule has 1 fully saturated rings. The molecule has 5 heteroatoms. The zero-order valence-corrected chi connectivity index (χ0v) is 12.2. The number of aliphatic imine (C=N–C) groups is 1. The number of halogens is 2. The number of aromatic hydroxyl groups is 1. The summed E-state index contributed by atoms with van der Waals surface area (Å²) in [5.41, 5.74) is 0.857. The van der Waals surface area contributed by atoms with Gasteiger partial charge in [-0.05, 0) is 59.3 Å². The van der Waals surface area contributed by atoms with Crippen LogP contribution >= 0.6 is 27.5 Å². The Morgan fingerprint density at radius 2 is 1.94 bits per heavy atom. The Balaban J connectivity index is 2.05. The lowest BCUT2D eigenvalue weighted by Crippen LogP contribution is -2.20. The summed E-state index contributed by atoms with van der Waals surface area (Å²) in [7, 11) is 0. The van der Waals surface area contributed by atoms with E-state index >= 15 is 0 Å². The molecule has 0 unspecified atom stereocenters. The summed E-state index contributed by atoms with van der Waals surface area (Å²) in [4.78, 5) is 4.50. The van der Waals surface area contributed by atoms with E-state index in [1.54, 1.807) is 18.3 Å². The lowest BCUT2D eigenvalue weighted by atomic mass is 9.93. The first-order valence-electron chi connectivity index (χ1n) is 5.95. The summed E-state index contributed by atoms with van der Waals surface area (Å²) in [6.07, 6.45) is 5.10. The number of aliphatic hydroxyl groups is 1. The van der Waals surface area contributed by atoms with Gasteiger partial charge in [0.2, 0.25) is 0 Å². The van der Waals surface area contributed by atoms with Crippen molar-refractivity contribution in [3.05, 3.63) is 27.2 Å². The van der Waals surface area contributed by atoms with Crippen LogP contribution in [0.5, 0.6) is 5.75 Å². The van der Waals surface area contributed by atoms with Gasteiger partial charge in [0.25, 0.3) is 0 Å². The van der Waals surface area contributed by atoms with Gasteiger partial charge in [0.1, 0.15) is 5.75 Å². The third kappa shape index (κ3) is 3.46. The molecule has 0 saturated heterocycles. The van der Waals surface area contributed by atoms with Crippen LogP contribution in [0.25, 0.3) is 0 Å². The Morgan fingerprint density at radius 3 is 2.56 bits per heavy atom. The summed E-state index contributed by atoms with van der Waals surface area (Å²) >= 11 is 9.13. The van der Waals surface area contributed by atoms with Crippen LogP contribution in [0.15, 0.2) is 21.6 Å². The predicted octanol–water partition coefficient (Wildman–Crippen LogP) is 3.53. The summed E-state index contributed by atoms with van der Waals surface area (Å²) in [5.74, 6) is 0.0506. The monoisotopic (exact) mass is 331 g/mol. The molecular formula is C13H15BrClNO2. The minimum Gasteiger partial charge on any atom is -0.505 e. The van der Waals surface area contributed by atoms with Crippen LogP contribution in [-0.2, 0) is 0 Å². The van der Waals surface area contributed by atoms with Gasteiger partial charge in [-0.2, -0.15) is 0 Å². The molecule has 1 saturated carbocycles. The number of phenols is 1. The lowest BCUT2D eigenvalue weighted by Gasteiger charge is -2.22. The van der Waals surface area contributed by atoms with Crippen LogP contribution in [0.1, 0.15) is 31.2 Å². The average molecular weight is 333 g/mol. The molecule has 1 aliphatic rings. The lowest BCUT2D eigenvalue weighted by molar-refractivity contribution is 0.123. The highest BCUT2D eigenvalue weighted by Gasteiger charge is 2.17. The Morgan fingerprint density at radius 1 is 1.28 bits per heavy atom. The van der Waals surface area contributed by atoms with Gasteiger partial charge in [0.05, 0.1) is 21.6 Å². The number of hydrogen-bond donors (Lipinski definition) is 2. The van der Waals surface area contributed by atoms with Gasteiger partial charge in [-0.3, -0.25) is 4.99 Å². The Labute approximate surface area is 120 Å². The van der Waals surface area contributed by atoms with Crippen molar-refractivity contribution < 1.29 is 10.2 Å². The van der Waals surface area contributed by atoms with Crippen molar-refractivity contribution in [2.45, 2.75) is 37.8 Å². The van der Waals surface area contributed by atoms with E-state index in [9.17, 15) is 10.2 Å². The van der Waals surface area contributed by atoms with Gasteiger partial charge >= 0.3 is 0 Å². The van der Waals surface area contributed by atoms with Gasteiger partial charge in [0.15, 0.2) is 0 Å². The van der Waals surface area contributed by atoms with E-state index in [-0.39, 0.29) is 17.9 Å². The van der Waals surface area contributed by atoms with E-state index in [1.165, 1.54) is 0 Å². The molecule has 98 valence electrons. The zero-order valence-electron chi connectivity index (χ0n) is 9.81. The fourth-order valence-electron chi connectivity index (χ4n) is 2.06. The molecular weight excluding hydrogens is 318 g/mol. The molecule has 0 aromatic heterocycles. The number of hydrogen-bond acceptors (Lipinski definition) is 3. The number of nitrogens with zero attached hydrogens (tertiary/aromatic N) is 1. The summed E-state index contributed by atoms with van der Waals surface area (Å²) in [6.45, 7) is 0. The van der Waals surface area contributed by atoms with Crippen molar-refractivity contribution in [2.75, 3.05) is 0 Å². The summed E-state index contributed by atoms with van der Waals surface area (Å²) in [5, 5.41) is 19.2. The van der Waals surface area contributed by atoms with Crippen LogP contribution < -0.4 is 0 Å². The fourth-order valence-corrected chi connectivity index (χ4v) is 2.88. The molecule has 0 spiro atoms. The standard InChI is InChI=1S/C13H15BrClNO2/c14-11-5-8(6-12(15)13(11)18)7-16-9-1-3-10(17)4-2-9/h5-7,9-10,17-18H,1-4H2. The largest absolute Gasteiger partial charge is 0.505 e. The fraction of sp³-hybridized carbons (Fsp3) is 0.462. The van der Waals surface area contributed by atoms with Crippen molar-refractivity contribution in [1.29, 1.82) is 0 Å². The van der Waals surface area contributed by atoms with Gasteiger partial charge in [-0.25, -0.2) is 0 Å². The molecule has 1 aromatic rings. The van der Waals surface area contributed by atoms with Gasteiger partial charge in [-0.15, -0.1) is 0 Å². The van der Waals surface area contributed by atoms with E-state index in [2.05, 4.69) is 20.9 Å². The van der Waals surface area contributed by atoms with Crippen molar-refractivity contribution in [3.8, 4) is 5.75 Å². The zero-order chi connectivity index (χ0) is 13.1. The van der Waals surface area contributed by atoms with Gasteiger partial charge in [0, 0.05) is 6.21 Å². The molecule has 2 N–H and O–H groups in total. The second kappa shape index (κ2) is 6.04. The molecule has 0 atom stereocenters. The van der Waals surface area contributed by atoms with Crippen LogP contribution in [0.4, 0.5) is 0 Å². The third-order valence-corrected chi connectivity index (χ3v) is 4.03. The Kier molecular flexibility index (Phi) is 4.65. The third-order valence-electron chi connectivity index (χ3n) is 3.14. The van der Waals surface area contributed by atoms with Crippen molar-refractivity contribution in [1.82, 2.24) is 0 Å². The van der Waals surface area contributed by atoms with Crippen molar-refractivity contribution >= 4 is 33.7 Å². The quantitative estimate of drug-likeness (QED) is 0.814. The predicted molar refractivity (Wildman–Crippen MR) is 76.7 cm³/mol. The molecule has 0 amide bonds. The van der Waals surface area contributed by atoms with Gasteiger partial charge < -0.3 is 10.2 Å². The van der Waals surface area contributed by atoms with Crippen LogP contribution in [0.3, 0.4) is 0 Å². The normalized spacial score (nSPS) is 24.6. The second-order valence-electron chi connectivity index (χ2n) is 4.57. The number of rotatable bonds is 2. The number of benzene rings is 1. The van der Waals surface area contributed by atoms with Gasteiger partial charge in [-0.1, -0.05) is 11.6 Å². The van der Waals surface area contributed by atoms with Crippen LogP contribution in [-0.4, -0.2) is 28.6 Å². The van der Waals surface area contributed by atoms with E-state index in [0.29, 0.717) is 9.50 Å². The first kappa shape index (κ1) is 13.8. The summed E-state index contributed by atoms with van der Waals surface area (Å²) < 4.78 is 0.565. The second-order valence-corrected chi connectivity index (χ2v) is 5.84. The number of aliphatic hydroxyl groups excluding tert-OH is 1. The van der Waals surface area contributed by atoms with E-state index in [1.807, 2.05) is 0 Å². The van der Waals surface area contributed by atoms with Crippen molar-refractivity contribution in [3.63, 3.8) is 0 Å². The Bertz CT molecular complexity index is 433. The van der Waals surface area contributed by atoms with Crippen LogP contribution in [0, 0.1) is 0 Å². The molecule has 1 aromatic carbocycles. The first-order chi connectivity index (χ1) is 8.56. The molecule has 1 aliphatic carbocycles. The molecule has 0 heterocycles. The highest BCUT2D eigenvalue weighted by molar-refractivity contribution is 9.10. The molecule has 0 bridgehead atoms. The minimum atomic E-state index is -0.159. The molecule has 2 rings (SSSR count). The first-order valence-corrected chi connectivity index (χ1v) is 7.12. The van der Waals surface area contributed by atoms with Crippen LogP contribution in [0.2, 0.25) is 5.02 Å². The van der Waals surface area contributed by atoms with E-state index in [0.717, 1.165) is 31.2 Å². The van der Waals surface area contributed by atoms with E-state index in [4.69, 9.17) is 11.6 Å². The topological polar surface area (TPSA) is 52.8 Å². The maximum Gasteiger partial charge on any atom is 0.148 e. The SMILES string of the molecule is Oc1c(Cl)cc(C=NC2CCC(O)CC2)cc1Br. The maximum atomic E-state index is 9.53. The molecule has 0 aliphatic heterocycles. The average Bonchev–Trinajstić information content (AvgIpc) is 2.35. The Hall–Kier alpha value is -0.580. The molecule has 18 heavy (non-hydrogen) atoms. The number of phenolic OH excluding ortho intramolecular Hbond substituents is 1. The smallest absolute Gasteiger partial charge is 0.148 e. The maximum absolute atomic E-state index is 9.53. The molecule has 3 nitrogen and oxygen atoms in total. The highest BCUT2D eigenvalue weighted by Crippen LogP contribution is 2.32. The summed E-state index contributed by atoms with van der Waals surface area (Å²) in [6, 6.07) is 3.74.